The minimum atomic E-state index is -0.514. The van der Waals surface area contributed by atoms with Gasteiger partial charge in [-0.3, -0.25) is 4.79 Å². The van der Waals surface area contributed by atoms with E-state index < -0.39 is 11.4 Å². The molecule has 2 aliphatic heterocycles. The first-order valence-electron chi connectivity index (χ1n) is 6.60. The molecule has 0 bridgehead atoms. The molecule has 2 heterocycles. The molecular formula is C13H22O2S2. The molecular weight excluding hydrogens is 252 g/mol. The fourth-order valence-corrected chi connectivity index (χ4v) is 6.23. The normalized spacial score (nSPS) is 32.5. The molecule has 2 rings (SSSR count). The first-order chi connectivity index (χ1) is 8.21. The van der Waals surface area contributed by atoms with Gasteiger partial charge in [-0.1, -0.05) is 13.3 Å². The molecule has 2 atom stereocenters. The van der Waals surface area contributed by atoms with E-state index in [1.807, 2.05) is 23.5 Å². The van der Waals surface area contributed by atoms with Crippen LogP contribution in [0, 0.1) is 17.3 Å². The van der Waals surface area contributed by atoms with E-state index in [1.165, 1.54) is 0 Å². The van der Waals surface area contributed by atoms with E-state index >= 15 is 0 Å². The summed E-state index contributed by atoms with van der Waals surface area (Å²) in [6.45, 7) is 2.13. The molecule has 2 fully saturated rings. The van der Waals surface area contributed by atoms with Crippen molar-refractivity contribution in [1.29, 1.82) is 0 Å². The van der Waals surface area contributed by atoms with Gasteiger partial charge in [0.15, 0.2) is 0 Å². The van der Waals surface area contributed by atoms with Crippen LogP contribution < -0.4 is 0 Å². The minimum absolute atomic E-state index is 0.411. The van der Waals surface area contributed by atoms with Crippen LogP contribution >= 0.6 is 23.5 Å². The van der Waals surface area contributed by atoms with E-state index in [0.717, 1.165) is 48.7 Å². The highest BCUT2D eigenvalue weighted by molar-refractivity contribution is 7.99. The lowest BCUT2D eigenvalue weighted by Crippen LogP contribution is -2.45. The average molecular weight is 274 g/mol. The molecule has 0 aromatic rings. The Bertz CT molecular complexity index is 253. The van der Waals surface area contributed by atoms with Gasteiger partial charge in [0.05, 0.1) is 5.41 Å². The van der Waals surface area contributed by atoms with Gasteiger partial charge in [0.2, 0.25) is 0 Å². The quantitative estimate of drug-likeness (QED) is 0.834. The largest absolute Gasteiger partial charge is 0.481 e. The summed E-state index contributed by atoms with van der Waals surface area (Å²) in [5, 5.41) is 9.86. The summed E-state index contributed by atoms with van der Waals surface area (Å²) in [6.07, 6.45) is 4.09. The summed E-state index contributed by atoms with van der Waals surface area (Å²) in [4.78, 5) is 12.0. The Morgan fingerprint density at radius 1 is 1.24 bits per heavy atom. The van der Waals surface area contributed by atoms with Crippen LogP contribution in [0.1, 0.15) is 32.6 Å². The summed E-state index contributed by atoms with van der Waals surface area (Å²) < 4.78 is 0. The topological polar surface area (TPSA) is 37.3 Å². The Morgan fingerprint density at radius 3 is 2.06 bits per heavy atom. The second-order valence-corrected chi connectivity index (χ2v) is 7.52. The van der Waals surface area contributed by atoms with Crippen molar-refractivity contribution in [2.45, 2.75) is 32.6 Å². The average Bonchev–Trinajstić information content (AvgIpc) is 2.98. The van der Waals surface area contributed by atoms with Crippen LogP contribution in [0.5, 0.6) is 0 Å². The Kier molecular flexibility index (Phi) is 4.70. The number of hydrogen-bond acceptors (Lipinski definition) is 3. The molecule has 17 heavy (non-hydrogen) atoms. The number of rotatable bonds is 5. The molecule has 2 saturated heterocycles. The molecule has 4 heteroatoms. The molecule has 2 aliphatic rings. The molecule has 2 unspecified atom stereocenters. The predicted octanol–water partition coefficient (Wildman–Crippen LogP) is 3.36. The zero-order valence-corrected chi connectivity index (χ0v) is 12.1. The van der Waals surface area contributed by atoms with Crippen molar-refractivity contribution in [1.82, 2.24) is 0 Å². The summed E-state index contributed by atoms with van der Waals surface area (Å²) in [6, 6.07) is 0. The SMILES string of the molecule is CCCC(C(=O)O)(C1CCSC1)C1CCSC1. The van der Waals surface area contributed by atoms with E-state index in [0.29, 0.717) is 11.8 Å². The standard InChI is InChI=1S/C13H22O2S2/c1-2-5-13(12(14)15,10-3-6-16-8-10)11-4-7-17-9-11/h10-11H,2-9H2,1H3,(H,14,15). The van der Waals surface area contributed by atoms with Crippen molar-refractivity contribution < 1.29 is 9.90 Å². The van der Waals surface area contributed by atoms with Gasteiger partial charge in [-0.25, -0.2) is 0 Å². The number of thioether (sulfide) groups is 2. The van der Waals surface area contributed by atoms with Crippen molar-refractivity contribution in [3.63, 3.8) is 0 Å². The summed E-state index contributed by atoms with van der Waals surface area (Å²) >= 11 is 3.88. The van der Waals surface area contributed by atoms with Crippen molar-refractivity contribution in [2.75, 3.05) is 23.0 Å². The predicted molar refractivity (Wildman–Crippen MR) is 75.8 cm³/mol. The smallest absolute Gasteiger partial charge is 0.310 e. The molecule has 0 amide bonds. The Labute approximate surface area is 112 Å². The lowest BCUT2D eigenvalue weighted by Gasteiger charge is -2.39. The lowest BCUT2D eigenvalue weighted by atomic mass is 9.63. The highest BCUT2D eigenvalue weighted by Gasteiger charge is 2.52. The van der Waals surface area contributed by atoms with Gasteiger partial charge in [0.25, 0.3) is 0 Å². The molecule has 0 radical (unpaired) electrons. The van der Waals surface area contributed by atoms with Gasteiger partial charge in [-0.2, -0.15) is 23.5 Å². The first kappa shape index (κ1) is 13.6. The van der Waals surface area contributed by atoms with Gasteiger partial charge in [0.1, 0.15) is 0 Å². The van der Waals surface area contributed by atoms with E-state index in [-0.39, 0.29) is 0 Å². The highest BCUT2D eigenvalue weighted by Crippen LogP contribution is 2.51. The third-order valence-corrected chi connectivity index (χ3v) is 6.70. The fraction of sp³-hybridized carbons (Fsp3) is 0.923. The van der Waals surface area contributed by atoms with Crippen molar-refractivity contribution >= 4 is 29.5 Å². The third kappa shape index (κ3) is 2.48. The van der Waals surface area contributed by atoms with Crippen LogP contribution in [-0.4, -0.2) is 34.1 Å². The molecule has 0 aromatic carbocycles. The minimum Gasteiger partial charge on any atom is -0.481 e. The van der Waals surface area contributed by atoms with Gasteiger partial charge in [0, 0.05) is 0 Å². The van der Waals surface area contributed by atoms with Gasteiger partial charge < -0.3 is 5.11 Å². The summed E-state index contributed by atoms with van der Waals surface area (Å²) in [5.41, 5.74) is -0.415. The van der Waals surface area contributed by atoms with Gasteiger partial charge >= 0.3 is 5.97 Å². The fourth-order valence-electron chi connectivity index (χ4n) is 3.49. The van der Waals surface area contributed by atoms with Crippen LogP contribution in [-0.2, 0) is 4.79 Å². The van der Waals surface area contributed by atoms with Crippen LogP contribution in [0.4, 0.5) is 0 Å². The maximum atomic E-state index is 12.0. The van der Waals surface area contributed by atoms with Gasteiger partial charge in [-0.15, -0.1) is 0 Å². The van der Waals surface area contributed by atoms with Crippen molar-refractivity contribution in [3.8, 4) is 0 Å². The second-order valence-electron chi connectivity index (χ2n) is 5.22. The van der Waals surface area contributed by atoms with Crippen molar-refractivity contribution in [3.05, 3.63) is 0 Å². The zero-order chi connectivity index (χ0) is 12.3. The Balaban J connectivity index is 2.26. The number of carboxylic acids is 1. The van der Waals surface area contributed by atoms with Crippen LogP contribution in [0.15, 0.2) is 0 Å². The molecule has 98 valence electrons. The number of carboxylic acid groups (broad SMARTS) is 1. The molecule has 1 N–H and O–H groups in total. The van der Waals surface area contributed by atoms with E-state index in [9.17, 15) is 9.90 Å². The second kappa shape index (κ2) is 5.87. The monoisotopic (exact) mass is 274 g/mol. The van der Waals surface area contributed by atoms with E-state index in [1.54, 1.807) is 0 Å². The highest BCUT2D eigenvalue weighted by atomic mass is 32.2. The summed E-state index contributed by atoms with van der Waals surface area (Å²) in [5.74, 6) is 4.75. The van der Waals surface area contributed by atoms with Crippen LogP contribution in [0.3, 0.4) is 0 Å². The Hall–Kier alpha value is 0.170. The molecule has 0 aliphatic carbocycles. The molecule has 0 aromatic heterocycles. The van der Waals surface area contributed by atoms with Crippen LogP contribution in [0.2, 0.25) is 0 Å². The maximum Gasteiger partial charge on any atom is 0.310 e. The molecule has 0 spiro atoms. The van der Waals surface area contributed by atoms with E-state index in [2.05, 4.69) is 6.92 Å². The Morgan fingerprint density at radius 2 is 1.76 bits per heavy atom. The first-order valence-corrected chi connectivity index (χ1v) is 8.91. The zero-order valence-electron chi connectivity index (χ0n) is 10.5. The van der Waals surface area contributed by atoms with Gasteiger partial charge in [-0.05, 0) is 54.1 Å². The summed E-state index contributed by atoms with van der Waals surface area (Å²) in [7, 11) is 0. The maximum absolute atomic E-state index is 12.0. The lowest BCUT2D eigenvalue weighted by molar-refractivity contribution is -0.157. The van der Waals surface area contributed by atoms with Crippen LogP contribution in [0.25, 0.3) is 0 Å². The van der Waals surface area contributed by atoms with E-state index in [4.69, 9.17) is 0 Å². The molecule has 2 nitrogen and oxygen atoms in total. The number of aliphatic carboxylic acids is 1. The van der Waals surface area contributed by atoms with Crippen molar-refractivity contribution in [2.24, 2.45) is 17.3 Å². The number of carbonyl (C=O) groups is 1. The third-order valence-electron chi connectivity index (χ3n) is 4.38. The molecule has 0 saturated carbocycles. The number of hydrogen-bond donors (Lipinski definition) is 1.